The molecular formula is C15H19NO3. The van der Waals surface area contributed by atoms with E-state index in [1.165, 1.54) is 0 Å². The van der Waals surface area contributed by atoms with Crippen molar-refractivity contribution in [3.63, 3.8) is 0 Å². The SMILES string of the molecule is C#CCN(C)Cc1ccc(OCC(=O)OCC)cc1. The van der Waals surface area contributed by atoms with Crippen molar-refractivity contribution in [3.8, 4) is 18.1 Å². The van der Waals surface area contributed by atoms with Gasteiger partial charge < -0.3 is 9.47 Å². The van der Waals surface area contributed by atoms with Gasteiger partial charge in [-0.3, -0.25) is 4.90 Å². The highest BCUT2D eigenvalue weighted by molar-refractivity contribution is 5.71. The Hall–Kier alpha value is -1.99. The average molecular weight is 261 g/mol. The van der Waals surface area contributed by atoms with E-state index >= 15 is 0 Å². The van der Waals surface area contributed by atoms with Crippen molar-refractivity contribution in [3.05, 3.63) is 29.8 Å². The van der Waals surface area contributed by atoms with Gasteiger partial charge in [0.05, 0.1) is 13.2 Å². The van der Waals surface area contributed by atoms with Crippen LogP contribution in [0.2, 0.25) is 0 Å². The van der Waals surface area contributed by atoms with E-state index in [-0.39, 0.29) is 12.6 Å². The molecule has 1 aromatic rings. The molecule has 0 spiro atoms. The van der Waals surface area contributed by atoms with Gasteiger partial charge in [-0.25, -0.2) is 4.79 Å². The number of carbonyl (C=O) groups excluding carboxylic acids is 1. The number of ether oxygens (including phenoxy) is 2. The fourth-order valence-corrected chi connectivity index (χ4v) is 1.56. The molecule has 0 bridgehead atoms. The van der Waals surface area contributed by atoms with Crippen LogP contribution in [0, 0.1) is 12.3 Å². The highest BCUT2D eigenvalue weighted by atomic mass is 16.6. The third-order valence-corrected chi connectivity index (χ3v) is 2.40. The molecule has 0 aliphatic carbocycles. The van der Waals surface area contributed by atoms with E-state index in [4.69, 9.17) is 15.9 Å². The van der Waals surface area contributed by atoms with E-state index in [9.17, 15) is 4.79 Å². The molecule has 0 radical (unpaired) electrons. The number of hydrogen-bond donors (Lipinski definition) is 0. The number of rotatable bonds is 7. The fraction of sp³-hybridized carbons (Fsp3) is 0.400. The summed E-state index contributed by atoms with van der Waals surface area (Å²) >= 11 is 0. The summed E-state index contributed by atoms with van der Waals surface area (Å²) in [5.74, 6) is 2.88. The van der Waals surface area contributed by atoms with Crippen molar-refractivity contribution in [1.82, 2.24) is 4.90 Å². The molecular weight excluding hydrogens is 242 g/mol. The molecule has 19 heavy (non-hydrogen) atoms. The first kappa shape index (κ1) is 15.1. The molecule has 0 aromatic heterocycles. The summed E-state index contributed by atoms with van der Waals surface area (Å²) in [4.78, 5) is 13.2. The van der Waals surface area contributed by atoms with Crippen molar-refractivity contribution in [2.24, 2.45) is 0 Å². The maximum Gasteiger partial charge on any atom is 0.344 e. The Balaban J connectivity index is 2.43. The molecule has 0 saturated carbocycles. The predicted molar refractivity (Wildman–Crippen MR) is 73.7 cm³/mol. The molecule has 1 aromatic carbocycles. The summed E-state index contributed by atoms with van der Waals surface area (Å²) in [7, 11) is 1.96. The lowest BCUT2D eigenvalue weighted by Gasteiger charge is -2.13. The number of nitrogens with zero attached hydrogens (tertiary/aromatic N) is 1. The first-order valence-corrected chi connectivity index (χ1v) is 6.15. The third kappa shape index (κ3) is 5.94. The third-order valence-electron chi connectivity index (χ3n) is 2.40. The highest BCUT2D eigenvalue weighted by Crippen LogP contribution is 2.13. The van der Waals surface area contributed by atoms with E-state index in [0.29, 0.717) is 18.9 Å². The minimum atomic E-state index is -0.361. The van der Waals surface area contributed by atoms with Crippen LogP contribution in [0.15, 0.2) is 24.3 Å². The molecule has 102 valence electrons. The zero-order valence-electron chi connectivity index (χ0n) is 11.4. The van der Waals surface area contributed by atoms with Gasteiger partial charge in [-0.15, -0.1) is 6.42 Å². The molecule has 1 rings (SSSR count). The van der Waals surface area contributed by atoms with Crippen LogP contribution in [0.5, 0.6) is 5.75 Å². The number of esters is 1. The Labute approximate surface area is 114 Å². The molecule has 0 aliphatic rings. The second kappa shape index (κ2) is 8.17. The molecule has 0 unspecified atom stereocenters. The first-order valence-electron chi connectivity index (χ1n) is 6.15. The molecule has 0 saturated heterocycles. The van der Waals surface area contributed by atoms with Crippen LogP contribution >= 0.6 is 0 Å². The summed E-state index contributed by atoms with van der Waals surface area (Å²) in [5.41, 5.74) is 1.14. The van der Waals surface area contributed by atoms with Crippen LogP contribution < -0.4 is 4.74 Å². The number of terminal acetylenes is 1. The standard InChI is InChI=1S/C15H19NO3/c1-4-10-16(3)11-13-6-8-14(9-7-13)19-12-15(17)18-5-2/h1,6-9H,5,10-12H2,2-3H3. The van der Waals surface area contributed by atoms with E-state index < -0.39 is 0 Å². The lowest BCUT2D eigenvalue weighted by molar-refractivity contribution is -0.145. The Morgan fingerprint density at radius 1 is 1.37 bits per heavy atom. The van der Waals surface area contributed by atoms with Crippen LogP contribution in [0.4, 0.5) is 0 Å². The molecule has 0 atom stereocenters. The maximum absolute atomic E-state index is 11.1. The highest BCUT2D eigenvalue weighted by Gasteiger charge is 2.03. The number of benzene rings is 1. The Morgan fingerprint density at radius 2 is 2.05 bits per heavy atom. The Kier molecular flexibility index (Phi) is 6.48. The molecule has 0 amide bonds. The van der Waals surface area contributed by atoms with Gasteiger partial charge in [-0.1, -0.05) is 18.1 Å². The topological polar surface area (TPSA) is 38.8 Å². The van der Waals surface area contributed by atoms with Crippen molar-refractivity contribution < 1.29 is 14.3 Å². The maximum atomic E-state index is 11.1. The lowest BCUT2D eigenvalue weighted by atomic mass is 10.2. The van der Waals surface area contributed by atoms with Gasteiger partial charge in [0.1, 0.15) is 5.75 Å². The lowest BCUT2D eigenvalue weighted by Crippen LogP contribution is -2.17. The van der Waals surface area contributed by atoms with Crippen LogP contribution in [-0.2, 0) is 16.1 Å². The van der Waals surface area contributed by atoms with Crippen LogP contribution in [0.1, 0.15) is 12.5 Å². The summed E-state index contributed by atoms with van der Waals surface area (Å²) in [5, 5.41) is 0. The summed E-state index contributed by atoms with van der Waals surface area (Å²) in [6.45, 7) is 3.45. The monoisotopic (exact) mass is 261 g/mol. The summed E-state index contributed by atoms with van der Waals surface area (Å²) in [6, 6.07) is 7.57. The van der Waals surface area contributed by atoms with E-state index in [1.807, 2.05) is 36.2 Å². The van der Waals surface area contributed by atoms with Crippen LogP contribution in [0.3, 0.4) is 0 Å². The molecule has 0 heterocycles. The smallest absolute Gasteiger partial charge is 0.344 e. The van der Waals surface area contributed by atoms with Crippen molar-refractivity contribution in [1.29, 1.82) is 0 Å². The molecule has 0 fully saturated rings. The normalized spacial score (nSPS) is 10.0. The van der Waals surface area contributed by atoms with Crippen LogP contribution in [0.25, 0.3) is 0 Å². The van der Waals surface area contributed by atoms with Gasteiger partial charge in [-0.05, 0) is 31.7 Å². The van der Waals surface area contributed by atoms with E-state index in [0.717, 1.165) is 12.1 Å². The summed E-state index contributed by atoms with van der Waals surface area (Å²) in [6.07, 6.45) is 5.24. The van der Waals surface area contributed by atoms with Gasteiger partial charge in [0.2, 0.25) is 0 Å². The molecule has 0 aliphatic heterocycles. The average Bonchev–Trinajstić information content (AvgIpc) is 2.38. The zero-order chi connectivity index (χ0) is 14.1. The van der Waals surface area contributed by atoms with Gasteiger partial charge in [0, 0.05) is 6.54 Å². The van der Waals surface area contributed by atoms with Gasteiger partial charge in [0.25, 0.3) is 0 Å². The first-order chi connectivity index (χ1) is 9.15. The second-order valence-electron chi connectivity index (χ2n) is 4.11. The Bertz CT molecular complexity index is 434. The second-order valence-corrected chi connectivity index (χ2v) is 4.11. The predicted octanol–water partition coefficient (Wildman–Crippen LogP) is 1.69. The van der Waals surface area contributed by atoms with E-state index in [1.54, 1.807) is 6.92 Å². The fourth-order valence-electron chi connectivity index (χ4n) is 1.56. The van der Waals surface area contributed by atoms with Gasteiger partial charge in [-0.2, -0.15) is 0 Å². The van der Waals surface area contributed by atoms with Crippen molar-refractivity contribution in [2.75, 3.05) is 26.8 Å². The summed E-state index contributed by atoms with van der Waals surface area (Å²) < 4.78 is 10.1. The molecule has 4 nitrogen and oxygen atoms in total. The Morgan fingerprint density at radius 3 is 2.63 bits per heavy atom. The molecule has 0 N–H and O–H groups in total. The number of hydrogen-bond acceptors (Lipinski definition) is 4. The van der Waals surface area contributed by atoms with E-state index in [2.05, 4.69) is 5.92 Å². The van der Waals surface area contributed by atoms with Crippen molar-refractivity contribution >= 4 is 5.97 Å². The quantitative estimate of drug-likeness (QED) is 0.553. The minimum absolute atomic E-state index is 0.0653. The van der Waals surface area contributed by atoms with Gasteiger partial charge >= 0.3 is 5.97 Å². The molecule has 4 heteroatoms. The zero-order valence-corrected chi connectivity index (χ0v) is 11.4. The van der Waals surface area contributed by atoms with Gasteiger partial charge in [0.15, 0.2) is 6.61 Å². The van der Waals surface area contributed by atoms with Crippen molar-refractivity contribution in [2.45, 2.75) is 13.5 Å². The van der Waals surface area contributed by atoms with Crippen LogP contribution in [-0.4, -0.2) is 37.7 Å². The largest absolute Gasteiger partial charge is 0.482 e. The minimum Gasteiger partial charge on any atom is -0.482 e. The number of carbonyl (C=O) groups is 1.